The molecular weight excluding hydrogens is 244 g/mol. The molecule has 0 aromatic carbocycles. The van der Waals surface area contributed by atoms with Gasteiger partial charge in [0.25, 0.3) is 0 Å². The van der Waals surface area contributed by atoms with Crippen molar-refractivity contribution in [1.82, 2.24) is 10.2 Å². The first-order valence-electron chi connectivity index (χ1n) is 7.28. The van der Waals surface area contributed by atoms with Crippen molar-refractivity contribution in [2.24, 2.45) is 11.8 Å². The van der Waals surface area contributed by atoms with Gasteiger partial charge in [-0.25, -0.2) is 0 Å². The molecule has 0 aromatic heterocycles. The summed E-state index contributed by atoms with van der Waals surface area (Å²) in [5.41, 5.74) is 0. The molecule has 0 saturated carbocycles. The molecule has 2 aliphatic rings. The Bertz CT molecular complexity index is 261. The molecule has 3 nitrogen and oxygen atoms in total. The molecule has 104 valence electrons. The molecule has 0 atom stereocenters. The van der Waals surface area contributed by atoms with E-state index in [9.17, 15) is 4.79 Å². The van der Waals surface area contributed by atoms with Gasteiger partial charge in [0.2, 0.25) is 5.91 Å². The van der Waals surface area contributed by atoms with E-state index in [1.807, 2.05) is 23.7 Å². The topological polar surface area (TPSA) is 32.3 Å². The van der Waals surface area contributed by atoms with Gasteiger partial charge in [-0.15, -0.1) is 0 Å². The lowest BCUT2D eigenvalue weighted by Crippen LogP contribution is -2.37. The summed E-state index contributed by atoms with van der Waals surface area (Å²) in [7, 11) is 1.99. The maximum Gasteiger partial charge on any atom is 0.222 e. The Morgan fingerprint density at radius 2 is 1.83 bits per heavy atom. The molecule has 2 heterocycles. The first-order valence-corrected chi connectivity index (χ1v) is 8.43. The fourth-order valence-corrected chi connectivity index (χ4v) is 4.11. The summed E-state index contributed by atoms with van der Waals surface area (Å²) in [6.07, 6.45) is 5.69. The van der Waals surface area contributed by atoms with E-state index in [0.29, 0.717) is 17.7 Å². The zero-order valence-electron chi connectivity index (χ0n) is 11.5. The Morgan fingerprint density at radius 3 is 2.50 bits per heavy atom. The predicted octanol–water partition coefficient (Wildman–Crippen LogP) is 1.98. The maximum atomic E-state index is 12.2. The van der Waals surface area contributed by atoms with Crippen molar-refractivity contribution < 1.29 is 4.79 Å². The molecule has 4 heteroatoms. The molecule has 18 heavy (non-hydrogen) atoms. The van der Waals surface area contributed by atoms with Gasteiger partial charge in [0.15, 0.2) is 0 Å². The molecule has 2 rings (SSSR count). The maximum absolute atomic E-state index is 12.2. The standard InChI is InChI=1S/C14H26N2OS/c1-16(11-13-2-6-15-7-3-13)14(17)10-12-4-8-18-9-5-12/h12-13,15H,2-11H2,1H3. The van der Waals surface area contributed by atoms with Crippen LogP contribution in [-0.4, -0.2) is 49.0 Å². The number of hydrogen-bond acceptors (Lipinski definition) is 3. The van der Waals surface area contributed by atoms with Gasteiger partial charge in [0.05, 0.1) is 0 Å². The first-order chi connectivity index (χ1) is 8.75. The molecule has 2 aliphatic heterocycles. The van der Waals surface area contributed by atoms with E-state index in [0.717, 1.165) is 26.1 Å². The van der Waals surface area contributed by atoms with E-state index in [2.05, 4.69) is 5.32 Å². The molecular formula is C14H26N2OS. The number of thioether (sulfide) groups is 1. The third-order valence-corrected chi connectivity index (χ3v) is 5.27. The van der Waals surface area contributed by atoms with Gasteiger partial charge >= 0.3 is 0 Å². The van der Waals surface area contributed by atoms with Crippen LogP contribution in [0.1, 0.15) is 32.1 Å². The average molecular weight is 270 g/mol. The van der Waals surface area contributed by atoms with Crippen LogP contribution in [0, 0.1) is 11.8 Å². The summed E-state index contributed by atoms with van der Waals surface area (Å²) in [5, 5.41) is 3.38. The number of hydrogen-bond donors (Lipinski definition) is 1. The Kier molecular flexibility index (Phi) is 5.83. The lowest BCUT2D eigenvalue weighted by atomic mass is 9.96. The number of carbonyl (C=O) groups is 1. The second-order valence-corrected chi connectivity index (χ2v) is 6.95. The van der Waals surface area contributed by atoms with Crippen LogP contribution in [0.5, 0.6) is 0 Å². The normalized spacial score (nSPS) is 22.9. The van der Waals surface area contributed by atoms with Gasteiger partial charge in [-0.05, 0) is 62.1 Å². The molecule has 0 bridgehead atoms. The Morgan fingerprint density at radius 1 is 1.17 bits per heavy atom. The van der Waals surface area contributed by atoms with E-state index in [1.165, 1.54) is 37.2 Å². The quantitative estimate of drug-likeness (QED) is 0.848. The van der Waals surface area contributed by atoms with Gasteiger partial charge in [0, 0.05) is 20.0 Å². The van der Waals surface area contributed by atoms with Gasteiger partial charge in [-0.2, -0.15) is 11.8 Å². The largest absolute Gasteiger partial charge is 0.345 e. The van der Waals surface area contributed by atoms with E-state index in [4.69, 9.17) is 0 Å². The van der Waals surface area contributed by atoms with Crippen molar-refractivity contribution >= 4 is 17.7 Å². The van der Waals surface area contributed by atoms with Gasteiger partial charge in [-0.3, -0.25) is 4.79 Å². The Hall–Kier alpha value is -0.220. The van der Waals surface area contributed by atoms with Crippen LogP contribution >= 0.6 is 11.8 Å². The molecule has 0 aromatic rings. The summed E-state index contributed by atoms with van der Waals surface area (Å²) in [5.74, 6) is 4.22. The summed E-state index contributed by atoms with van der Waals surface area (Å²) in [4.78, 5) is 14.2. The van der Waals surface area contributed by atoms with Gasteiger partial charge < -0.3 is 10.2 Å². The number of amides is 1. The first kappa shape index (κ1) is 14.2. The highest BCUT2D eigenvalue weighted by molar-refractivity contribution is 7.99. The third kappa shape index (κ3) is 4.47. The Labute approximate surface area is 115 Å². The summed E-state index contributed by atoms with van der Waals surface area (Å²) in [6, 6.07) is 0. The Balaban J connectivity index is 1.69. The second kappa shape index (κ2) is 7.39. The number of nitrogens with zero attached hydrogens (tertiary/aromatic N) is 1. The third-order valence-electron chi connectivity index (χ3n) is 4.22. The van der Waals surface area contributed by atoms with Crippen LogP contribution in [0.25, 0.3) is 0 Å². The highest BCUT2D eigenvalue weighted by atomic mass is 32.2. The van der Waals surface area contributed by atoms with Crippen LogP contribution < -0.4 is 5.32 Å². The fraction of sp³-hybridized carbons (Fsp3) is 0.929. The van der Waals surface area contributed by atoms with Crippen LogP contribution in [0.15, 0.2) is 0 Å². The highest BCUT2D eigenvalue weighted by Crippen LogP contribution is 2.26. The molecule has 2 saturated heterocycles. The van der Waals surface area contributed by atoms with Gasteiger partial charge in [-0.1, -0.05) is 0 Å². The zero-order chi connectivity index (χ0) is 12.8. The highest BCUT2D eigenvalue weighted by Gasteiger charge is 2.22. The monoisotopic (exact) mass is 270 g/mol. The van der Waals surface area contributed by atoms with Gasteiger partial charge in [0.1, 0.15) is 0 Å². The fourth-order valence-electron chi connectivity index (χ4n) is 2.91. The lowest BCUT2D eigenvalue weighted by molar-refractivity contribution is -0.131. The second-order valence-electron chi connectivity index (χ2n) is 5.73. The number of carbonyl (C=O) groups excluding carboxylic acids is 1. The van der Waals surface area contributed by atoms with Crippen molar-refractivity contribution in [3.63, 3.8) is 0 Å². The molecule has 0 spiro atoms. The predicted molar refractivity (Wildman–Crippen MR) is 77.9 cm³/mol. The average Bonchev–Trinajstić information content (AvgIpc) is 2.41. The van der Waals surface area contributed by atoms with E-state index in [-0.39, 0.29) is 0 Å². The molecule has 0 unspecified atom stereocenters. The number of piperidine rings is 1. The minimum Gasteiger partial charge on any atom is -0.345 e. The zero-order valence-corrected chi connectivity index (χ0v) is 12.3. The van der Waals surface area contributed by atoms with Crippen molar-refractivity contribution in [1.29, 1.82) is 0 Å². The number of rotatable bonds is 4. The summed E-state index contributed by atoms with van der Waals surface area (Å²) in [6.45, 7) is 3.20. The van der Waals surface area contributed by atoms with E-state index < -0.39 is 0 Å². The van der Waals surface area contributed by atoms with Crippen LogP contribution in [-0.2, 0) is 4.79 Å². The van der Waals surface area contributed by atoms with Crippen LogP contribution in [0.4, 0.5) is 0 Å². The molecule has 1 amide bonds. The number of nitrogens with one attached hydrogen (secondary N) is 1. The molecule has 2 fully saturated rings. The lowest BCUT2D eigenvalue weighted by Gasteiger charge is -2.29. The van der Waals surface area contributed by atoms with Crippen molar-refractivity contribution in [2.75, 3.05) is 38.2 Å². The van der Waals surface area contributed by atoms with Crippen molar-refractivity contribution in [3.8, 4) is 0 Å². The molecule has 0 radical (unpaired) electrons. The van der Waals surface area contributed by atoms with Crippen LogP contribution in [0.2, 0.25) is 0 Å². The minimum atomic E-state index is 0.366. The SMILES string of the molecule is CN(CC1CCNCC1)C(=O)CC1CCSCC1. The van der Waals surface area contributed by atoms with E-state index >= 15 is 0 Å². The summed E-state index contributed by atoms with van der Waals surface area (Å²) >= 11 is 2.03. The smallest absolute Gasteiger partial charge is 0.222 e. The van der Waals surface area contributed by atoms with Crippen molar-refractivity contribution in [2.45, 2.75) is 32.1 Å². The summed E-state index contributed by atoms with van der Waals surface area (Å²) < 4.78 is 0. The van der Waals surface area contributed by atoms with Crippen LogP contribution in [0.3, 0.4) is 0 Å². The minimum absolute atomic E-state index is 0.366. The van der Waals surface area contributed by atoms with Crippen molar-refractivity contribution in [3.05, 3.63) is 0 Å². The van der Waals surface area contributed by atoms with E-state index in [1.54, 1.807) is 0 Å². The molecule has 1 N–H and O–H groups in total. The molecule has 0 aliphatic carbocycles.